The van der Waals surface area contributed by atoms with Crippen LogP contribution in [0.15, 0.2) is 78.9 Å². The second kappa shape index (κ2) is 14.2. The average molecular weight is 546 g/mol. The van der Waals surface area contributed by atoms with Crippen LogP contribution in [-0.4, -0.2) is 31.9 Å². The molecule has 0 aromatic heterocycles. The molecule has 206 valence electrons. The maximum absolute atomic E-state index is 14.5. The van der Waals surface area contributed by atoms with Crippen LogP contribution in [0.5, 0.6) is 5.75 Å². The molecule has 2 aromatic carbocycles. The van der Waals surface area contributed by atoms with Crippen LogP contribution in [0.2, 0.25) is 0 Å². The second-order valence-electron chi connectivity index (χ2n) is 11.0. The van der Waals surface area contributed by atoms with Gasteiger partial charge in [-0.3, -0.25) is 4.90 Å². The van der Waals surface area contributed by atoms with Gasteiger partial charge in [-0.05, 0) is 104 Å². The maximum atomic E-state index is 14.5. The predicted molar refractivity (Wildman–Crippen MR) is 162 cm³/mol. The van der Waals surface area contributed by atoms with Crippen LogP contribution in [0.1, 0.15) is 48.8 Å². The van der Waals surface area contributed by atoms with Gasteiger partial charge in [0.15, 0.2) is 6.79 Å². The minimum absolute atomic E-state index is 0.157. The predicted octanol–water partition coefficient (Wildman–Crippen LogP) is 6.77. The van der Waals surface area contributed by atoms with E-state index in [0.29, 0.717) is 20.4 Å². The lowest BCUT2D eigenvalue weighted by molar-refractivity contribution is 0.0511. The van der Waals surface area contributed by atoms with Crippen LogP contribution in [0.25, 0.3) is 0 Å². The van der Waals surface area contributed by atoms with Gasteiger partial charge in [-0.1, -0.05) is 75.7 Å². The van der Waals surface area contributed by atoms with E-state index in [-0.39, 0.29) is 12.6 Å². The van der Waals surface area contributed by atoms with Crippen molar-refractivity contribution < 1.29 is 13.9 Å². The lowest BCUT2D eigenvalue weighted by Gasteiger charge is -2.27. The van der Waals surface area contributed by atoms with Crippen molar-refractivity contribution in [2.45, 2.75) is 51.5 Å². The number of hydrogen-bond donors (Lipinski definition) is 0. The summed E-state index contributed by atoms with van der Waals surface area (Å²) in [5.41, 5.74) is 3.69. The molecule has 0 N–H and O–H groups in total. The van der Waals surface area contributed by atoms with Gasteiger partial charge in [0, 0.05) is 19.0 Å². The number of nitrogens with zero attached hydrogens (tertiary/aromatic N) is 1. The smallest absolute Gasteiger partial charge is 0.188 e. The minimum atomic E-state index is -0.157. The first kappa shape index (κ1) is 28.0. The van der Waals surface area contributed by atoms with Crippen molar-refractivity contribution in [2.75, 3.05) is 27.0 Å². The lowest BCUT2D eigenvalue weighted by Crippen LogP contribution is -2.31. The molecule has 3 unspecified atom stereocenters. The zero-order chi connectivity index (χ0) is 26.9. The third kappa shape index (κ3) is 8.01. The van der Waals surface area contributed by atoms with E-state index in [1.54, 1.807) is 19.2 Å². The first-order chi connectivity index (χ1) is 19.2. The quantitative estimate of drug-likeness (QED) is 0.230. The molecular formula is C34H41FNO2P. The molecule has 0 spiro atoms. The highest BCUT2D eigenvalue weighted by molar-refractivity contribution is 7.55. The van der Waals surface area contributed by atoms with E-state index in [2.05, 4.69) is 65.6 Å². The number of halogens is 1. The second-order valence-corrected chi connectivity index (χ2v) is 12.3. The highest BCUT2D eigenvalue weighted by Crippen LogP contribution is 2.32. The van der Waals surface area contributed by atoms with Crippen LogP contribution in [0.4, 0.5) is 4.39 Å². The van der Waals surface area contributed by atoms with Gasteiger partial charge >= 0.3 is 0 Å². The van der Waals surface area contributed by atoms with Gasteiger partial charge in [0.1, 0.15) is 11.6 Å². The van der Waals surface area contributed by atoms with E-state index in [9.17, 15) is 4.39 Å². The molecule has 0 radical (unpaired) electrons. The molecule has 1 saturated heterocycles. The molecular weight excluding hydrogens is 504 g/mol. The molecule has 3 nitrogen and oxygen atoms in total. The van der Waals surface area contributed by atoms with Crippen molar-refractivity contribution >= 4 is 19.2 Å². The zero-order valence-corrected chi connectivity index (χ0v) is 24.1. The molecule has 1 fully saturated rings. The molecule has 3 aliphatic rings. The Morgan fingerprint density at radius 2 is 1.59 bits per heavy atom. The standard InChI is InChI=1S/C34H41FNO2P/c1-37-25-38-34-29(20-27-13-7-3-8-14-27)21-28(19-26-11-5-2-6-12-26)22-33(34)39-32-16-15-31(35)23-30(32)24-36-17-9-4-10-18-36/h2-3,5-8,11,13,15-16,21-23,26-27,39H,4,9-10,12,14,17-20,24-25H2,1H3. The summed E-state index contributed by atoms with van der Waals surface area (Å²) >= 11 is 0. The Bertz CT molecular complexity index is 1230. The van der Waals surface area contributed by atoms with Crippen molar-refractivity contribution in [1.82, 2.24) is 4.90 Å². The maximum Gasteiger partial charge on any atom is 0.188 e. The summed E-state index contributed by atoms with van der Waals surface area (Å²) in [6, 6.07) is 10.0. The third-order valence-electron chi connectivity index (χ3n) is 7.84. The van der Waals surface area contributed by atoms with Crippen molar-refractivity contribution in [2.24, 2.45) is 11.8 Å². The van der Waals surface area contributed by atoms with Crippen molar-refractivity contribution in [1.29, 1.82) is 0 Å². The van der Waals surface area contributed by atoms with E-state index in [1.165, 1.54) is 41.0 Å². The average Bonchev–Trinajstić information content (AvgIpc) is 2.96. The van der Waals surface area contributed by atoms with Crippen molar-refractivity contribution in [3.63, 3.8) is 0 Å². The first-order valence-corrected chi connectivity index (χ1v) is 15.4. The molecule has 5 heteroatoms. The summed E-state index contributed by atoms with van der Waals surface area (Å²) in [5, 5.41) is 2.39. The Labute approximate surface area is 235 Å². The molecule has 1 heterocycles. The van der Waals surface area contributed by atoms with Crippen LogP contribution >= 0.6 is 8.58 Å². The Kier molecular flexibility index (Phi) is 10.2. The van der Waals surface area contributed by atoms with Crippen LogP contribution in [0.3, 0.4) is 0 Å². The van der Waals surface area contributed by atoms with Crippen LogP contribution < -0.4 is 15.3 Å². The zero-order valence-electron chi connectivity index (χ0n) is 23.1. The summed E-state index contributed by atoms with van der Waals surface area (Å²) < 4.78 is 26.1. The Balaban J connectivity index is 1.50. The molecule has 39 heavy (non-hydrogen) atoms. The van der Waals surface area contributed by atoms with Gasteiger partial charge in [0.2, 0.25) is 0 Å². The number of ether oxygens (including phenoxy) is 2. The number of benzene rings is 2. The molecule has 5 rings (SSSR count). The Morgan fingerprint density at radius 1 is 0.846 bits per heavy atom. The summed E-state index contributed by atoms with van der Waals surface area (Å²) in [7, 11) is 2.05. The van der Waals surface area contributed by atoms with Gasteiger partial charge < -0.3 is 9.47 Å². The first-order valence-electron chi connectivity index (χ1n) is 14.4. The van der Waals surface area contributed by atoms with E-state index in [1.807, 2.05) is 6.07 Å². The monoisotopic (exact) mass is 545 g/mol. The van der Waals surface area contributed by atoms with Gasteiger partial charge in [-0.15, -0.1) is 0 Å². The molecule has 2 aromatic rings. The number of piperidine rings is 1. The lowest BCUT2D eigenvalue weighted by atomic mass is 9.89. The summed E-state index contributed by atoms with van der Waals surface area (Å²) in [6.07, 6.45) is 25.5. The minimum Gasteiger partial charge on any atom is -0.467 e. The van der Waals surface area contributed by atoms with E-state index in [4.69, 9.17) is 9.47 Å². The van der Waals surface area contributed by atoms with Gasteiger partial charge in [0.05, 0.1) is 0 Å². The van der Waals surface area contributed by atoms with Crippen LogP contribution in [-0.2, 0) is 24.1 Å². The number of allylic oxidation sites excluding steroid dienone is 8. The van der Waals surface area contributed by atoms with Crippen LogP contribution in [0, 0.1) is 17.7 Å². The normalized spacial score (nSPS) is 21.3. The molecule has 0 bridgehead atoms. The largest absolute Gasteiger partial charge is 0.467 e. The SMILES string of the molecule is COCOc1c(CC2C=CC=CC2)cc(CC2C=CC=CC2)cc1Pc1ccc(F)cc1CN1CCCCC1. The molecule has 1 aliphatic heterocycles. The third-order valence-corrected chi connectivity index (χ3v) is 9.24. The summed E-state index contributed by atoms with van der Waals surface area (Å²) in [6.45, 7) is 3.20. The fourth-order valence-electron chi connectivity index (χ4n) is 5.88. The topological polar surface area (TPSA) is 21.7 Å². The fraction of sp³-hybridized carbons (Fsp3) is 0.412. The molecule has 0 amide bonds. The van der Waals surface area contributed by atoms with E-state index in [0.717, 1.165) is 56.6 Å². The Morgan fingerprint density at radius 3 is 2.28 bits per heavy atom. The van der Waals surface area contributed by atoms with E-state index >= 15 is 0 Å². The summed E-state index contributed by atoms with van der Waals surface area (Å²) in [4.78, 5) is 2.47. The Hall–Kier alpha value is -2.52. The highest BCUT2D eigenvalue weighted by Gasteiger charge is 2.20. The van der Waals surface area contributed by atoms with Gasteiger partial charge in [-0.25, -0.2) is 4.39 Å². The van der Waals surface area contributed by atoms with Crippen molar-refractivity contribution in [3.8, 4) is 5.75 Å². The number of rotatable bonds is 11. The number of hydrogen-bond acceptors (Lipinski definition) is 3. The summed E-state index contributed by atoms with van der Waals surface area (Å²) in [5.74, 6) is 1.73. The van der Waals surface area contributed by atoms with Gasteiger partial charge in [-0.2, -0.15) is 0 Å². The highest BCUT2D eigenvalue weighted by atomic mass is 31.1. The molecule has 2 aliphatic carbocycles. The fourth-order valence-corrected chi connectivity index (χ4v) is 7.25. The molecule has 0 saturated carbocycles. The number of methoxy groups -OCH3 is 1. The molecule has 3 atom stereocenters. The number of likely N-dealkylation sites (tertiary alicyclic amines) is 1. The van der Waals surface area contributed by atoms with Gasteiger partial charge in [0.25, 0.3) is 0 Å². The van der Waals surface area contributed by atoms with E-state index < -0.39 is 0 Å². The van der Waals surface area contributed by atoms with Crippen molar-refractivity contribution in [3.05, 3.63) is 101 Å².